The highest BCUT2D eigenvalue weighted by Crippen LogP contribution is 2.10. The van der Waals surface area contributed by atoms with Crippen molar-refractivity contribution in [3.05, 3.63) is 33.2 Å². The standard InChI is InChI=1S/C13H18N2O4/c1-7(2)15(6-10(16)17)13(19)11-8(3)5-9(4)14-12(11)18/h5,7H,6H2,1-4H3,(H,14,18)(H,16,17). The Morgan fingerprint density at radius 1 is 1.37 bits per heavy atom. The van der Waals surface area contributed by atoms with Crippen molar-refractivity contribution in [3.63, 3.8) is 0 Å². The minimum atomic E-state index is -1.11. The van der Waals surface area contributed by atoms with Crippen molar-refractivity contribution >= 4 is 11.9 Å². The van der Waals surface area contributed by atoms with Gasteiger partial charge in [-0.15, -0.1) is 0 Å². The summed E-state index contributed by atoms with van der Waals surface area (Å²) in [5.41, 5.74) is 0.717. The van der Waals surface area contributed by atoms with E-state index in [4.69, 9.17) is 5.11 Å². The molecule has 19 heavy (non-hydrogen) atoms. The van der Waals surface area contributed by atoms with Gasteiger partial charge in [0.15, 0.2) is 0 Å². The highest BCUT2D eigenvalue weighted by atomic mass is 16.4. The molecule has 6 nitrogen and oxygen atoms in total. The second-order valence-corrected chi connectivity index (χ2v) is 4.76. The van der Waals surface area contributed by atoms with E-state index < -0.39 is 24.0 Å². The fourth-order valence-electron chi connectivity index (χ4n) is 1.90. The molecule has 1 amide bonds. The van der Waals surface area contributed by atoms with Crippen LogP contribution in [-0.2, 0) is 4.79 Å². The predicted molar refractivity (Wildman–Crippen MR) is 70.3 cm³/mol. The fraction of sp³-hybridized carbons (Fsp3) is 0.462. The SMILES string of the molecule is Cc1cc(C)c(C(=O)N(CC(=O)O)C(C)C)c(=O)[nH]1. The van der Waals surface area contributed by atoms with Crippen molar-refractivity contribution in [1.82, 2.24) is 9.88 Å². The Labute approximate surface area is 111 Å². The van der Waals surface area contributed by atoms with Crippen LogP contribution in [0.3, 0.4) is 0 Å². The number of aromatic amines is 1. The molecule has 0 aromatic carbocycles. The molecule has 0 aliphatic heterocycles. The van der Waals surface area contributed by atoms with Crippen molar-refractivity contribution in [2.45, 2.75) is 33.7 Å². The quantitative estimate of drug-likeness (QED) is 0.848. The summed E-state index contributed by atoms with van der Waals surface area (Å²) in [4.78, 5) is 38.7. The summed E-state index contributed by atoms with van der Waals surface area (Å²) < 4.78 is 0. The summed E-state index contributed by atoms with van der Waals surface area (Å²) in [6.07, 6.45) is 0. The molecule has 1 aromatic heterocycles. The normalized spacial score (nSPS) is 10.6. The number of aryl methyl sites for hydroxylation is 2. The lowest BCUT2D eigenvalue weighted by molar-refractivity contribution is -0.138. The maximum atomic E-state index is 12.3. The van der Waals surface area contributed by atoms with Crippen LogP contribution < -0.4 is 5.56 Å². The third-order valence-electron chi connectivity index (χ3n) is 2.77. The van der Waals surface area contributed by atoms with Crippen molar-refractivity contribution in [3.8, 4) is 0 Å². The van der Waals surface area contributed by atoms with Crippen LogP contribution in [0.5, 0.6) is 0 Å². The minimum absolute atomic E-state index is 0.000509. The number of hydrogen-bond donors (Lipinski definition) is 2. The van der Waals surface area contributed by atoms with Gasteiger partial charge in [0.2, 0.25) is 0 Å². The second-order valence-electron chi connectivity index (χ2n) is 4.76. The molecule has 2 N–H and O–H groups in total. The Kier molecular flexibility index (Phi) is 4.47. The average molecular weight is 266 g/mol. The van der Waals surface area contributed by atoms with Crippen LogP contribution in [0.1, 0.15) is 35.5 Å². The summed E-state index contributed by atoms with van der Waals surface area (Å²) >= 11 is 0. The third-order valence-corrected chi connectivity index (χ3v) is 2.77. The van der Waals surface area contributed by atoms with Gasteiger partial charge < -0.3 is 15.0 Å². The van der Waals surface area contributed by atoms with Crippen LogP contribution >= 0.6 is 0 Å². The molecular weight excluding hydrogens is 248 g/mol. The van der Waals surface area contributed by atoms with Gasteiger partial charge in [-0.3, -0.25) is 14.4 Å². The van der Waals surface area contributed by atoms with E-state index >= 15 is 0 Å². The molecule has 1 aromatic rings. The Morgan fingerprint density at radius 3 is 2.37 bits per heavy atom. The smallest absolute Gasteiger partial charge is 0.323 e. The number of carboxylic acid groups (broad SMARTS) is 1. The maximum Gasteiger partial charge on any atom is 0.323 e. The number of aliphatic carboxylic acids is 1. The predicted octanol–water partition coefficient (Wildman–Crippen LogP) is 0.927. The fourth-order valence-corrected chi connectivity index (χ4v) is 1.90. The highest BCUT2D eigenvalue weighted by molar-refractivity contribution is 5.97. The van der Waals surface area contributed by atoms with Gasteiger partial charge in [-0.05, 0) is 39.3 Å². The van der Waals surface area contributed by atoms with E-state index in [0.29, 0.717) is 11.3 Å². The Hall–Kier alpha value is -2.11. The lowest BCUT2D eigenvalue weighted by Gasteiger charge is -2.25. The van der Waals surface area contributed by atoms with Crippen LogP contribution in [0.4, 0.5) is 0 Å². The first kappa shape index (κ1) is 14.9. The molecule has 1 heterocycles. The lowest BCUT2D eigenvalue weighted by Crippen LogP contribution is -2.43. The number of amides is 1. The molecule has 1 rings (SSSR count). The van der Waals surface area contributed by atoms with Gasteiger partial charge >= 0.3 is 5.97 Å². The number of carbonyl (C=O) groups is 2. The first-order chi connectivity index (χ1) is 8.73. The lowest BCUT2D eigenvalue weighted by atomic mass is 10.1. The van der Waals surface area contributed by atoms with Crippen LogP contribution in [0, 0.1) is 13.8 Å². The van der Waals surface area contributed by atoms with Gasteiger partial charge in [0.05, 0.1) is 0 Å². The molecule has 0 bridgehead atoms. The number of nitrogens with one attached hydrogen (secondary N) is 1. The average Bonchev–Trinajstić information content (AvgIpc) is 2.23. The minimum Gasteiger partial charge on any atom is -0.480 e. The zero-order chi connectivity index (χ0) is 14.7. The Morgan fingerprint density at radius 2 is 1.95 bits per heavy atom. The molecule has 0 saturated carbocycles. The topological polar surface area (TPSA) is 90.5 Å². The zero-order valence-electron chi connectivity index (χ0n) is 11.5. The molecule has 0 spiro atoms. The molecule has 0 fully saturated rings. The number of nitrogens with zero attached hydrogens (tertiary/aromatic N) is 1. The number of carboxylic acids is 1. The first-order valence-corrected chi connectivity index (χ1v) is 5.97. The summed E-state index contributed by atoms with van der Waals surface area (Å²) in [7, 11) is 0. The van der Waals surface area contributed by atoms with Crippen molar-refractivity contribution in [2.75, 3.05) is 6.54 Å². The highest BCUT2D eigenvalue weighted by Gasteiger charge is 2.25. The Bertz CT molecular complexity index is 560. The van der Waals surface area contributed by atoms with Crippen LogP contribution in [0.25, 0.3) is 0 Å². The molecule has 0 atom stereocenters. The summed E-state index contributed by atoms with van der Waals surface area (Å²) in [6, 6.07) is 1.39. The van der Waals surface area contributed by atoms with Crippen molar-refractivity contribution in [1.29, 1.82) is 0 Å². The summed E-state index contributed by atoms with van der Waals surface area (Å²) in [5.74, 6) is -1.67. The van der Waals surface area contributed by atoms with Crippen molar-refractivity contribution in [2.24, 2.45) is 0 Å². The molecule has 0 unspecified atom stereocenters. The molecule has 0 aliphatic carbocycles. The Balaban J connectivity index is 3.24. The van der Waals surface area contributed by atoms with Crippen LogP contribution in [0.2, 0.25) is 0 Å². The molecule has 0 radical (unpaired) electrons. The second kappa shape index (κ2) is 5.69. The number of hydrogen-bond acceptors (Lipinski definition) is 3. The number of H-pyrrole nitrogens is 1. The largest absolute Gasteiger partial charge is 0.480 e. The van der Waals surface area contributed by atoms with E-state index in [1.54, 1.807) is 33.8 Å². The van der Waals surface area contributed by atoms with Crippen LogP contribution in [-0.4, -0.2) is 39.5 Å². The molecule has 104 valence electrons. The molecule has 0 saturated heterocycles. The third kappa shape index (κ3) is 3.43. The monoisotopic (exact) mass is 266 g/mol. The van der Waals surface area contributed by atoms with Crippen LogP contribution in [0.15, 0.2) is 10.9 Å². The number of aromatic nitrogens is 1. The van der Waals surface area contributed by atoms with Gasteiger partial charge in [-0.1, -0.05) is 0 Å². The van der Waals surface area contributed by atoms with E-state index in [-0.39, 0.29) is 11.6 Å². The molecule has 0 aliphatic rings. The van der Waals surface area contributed by atoms with E-state index in [2.05, 4.69) is 4.98 Å². The van der Waals surface area contributed by atoms with E-state index in [1.807, 2.05) is 0 Å². The summed E-state index contributed by atoms with van der Waals surface area (Å²) in [5, 5.41) is 8.83. The van der Waals surface area contributed by atoms with Gasteiger partial charge in [0.25, 0.3) is 11.5 Å². The van der Waals surface area contributed by atoms with E-state index in [0.717, 1.165) is 4.90 Å². The van der Waals surface area contributed by atoms with E-state index in [9.17, 15) is 14.4 Å². The van der Waals surface area contributed by atoms with Crippen molar-refractivity contribution < 1.29 is 14.7 Å². The van der Waals surface area contributed by atoms with Gasteiger partial charge in [0.1, 0.15) is 12.1 Å². The maximum absolute atomic E-state index is 12.3. The molecule has 6 heteroatoms. The van der Waals surface area contributed by atoms with E-state index in [1.165, 1.54) is 0 Å². The molecular formula is C13H18N2O4. The zero-order valence-corrected chi connectivity index (χ0v) is 11.5. The van der Waals surface area contributed by atoms with Gasteiger partial charge in [-0.2, -0.15) is 0 Å². The van der Waals surface area contributed by atoms with Gasteiger partial charge in [0, 0.05) is 11.7 Å². The first-order valence-electron chi connectivity index (χ1n) is 5.97. The van der Waals surface area contributed by atoms with Gasteiger partial charge in [-0.25, -0.2) is 0 Å². The number of carbonyl (C=O) groups excluding carboxylic acids is 1. The number of pyridine rings is 1. The summed E-state index contributed by atoms with van der Waals surface area (Å²) in [6.45, 7) is 6.37. The number of rotatable bonds is 4.